The highest BCUT2D eigenvalue weighted by atomic mass is 16.6. The summed E-state index contributed by atoms with van der Waals surface area (Å²) in [6.07, 6.45) is 0.321. The molecule has 0 saturated carbocycles. The molecule has 0 aliphatic rings. The summed E-state index contributed by atoms with van der Waals surface area (Å²) in [5.41, 5.74) is 2.56. The third-order valence-electron chi connectivity index (χ3n) is 5.25. The van der Waals surface area contributed by atoms with Gasteiger partial charge in [-0.1, -0.05) is 24.3 Å². The van der Waals surface area contributed by atoms with Gasteiger partial charge in [-0.15, -0.1) is 0 Å². The Bertz CT molecular complexity index is 998. The molecule has 0 atom stereocenters. The van der Waals surface area contributed by atoms with Crippen LogP contribution >= 0.6 is 0 Å². The number of nitrogens with zero attached hydrogens (tertiary/aromatic N) is 3. The molecule has 0 aliphatic heterocycles. The Kier molecular flexibility index (Phi) is 9.20. The van der Waals surface area contributed by atoms with Crippen LogP contribution in [0.5, 0.6) is 0 Å². The molecule has 34 heavy (non-hydrogen) atoms. The van der Waals surface area contributed by atoms with Crippen molar-refractivity contribution < 1.29 is 23.9 Å². The second-order valence-electron chi connectivity index (χ2n) is 9.22. The molecule has 0 unspecified atom stereocenters. The number of likely N-dealkylation sites (N-methyl/N-ethyl adjacent to an activating group) is 2. The number of methoxy groups -OCH3 is 1. The summed E-state index contributed by atoms with van der Waals surface area (Å²) in [4.78, 5) is 41.4. The molecule has 0 fully saturated rings. The topological polar surface area (TPSA) is 79.4 Å². The van der Waals surface area contributed by atoms with Crippen LogP contribution < -0.4 is 4.90 Å². The molecular formula is C26H35N3O5. The Labute approximate surface area is 202 Å². The molecule has 8 nitrogen and oxygen atoms in total. The largest absolute Gasteiger partial charge is 0.465 e. The SMILES string of the molecule is COC(=O)c1c(C=O)cccc1N(C)c1ccc(CN(C)CCN(C)C(=O)OC(C)(C)C)cc1. The van der Waals surface area contributed by atoms with E-state index < -0.39 is 11.6 Å². The summed E-state index contributed by atoms with van der Waals surface area (Å²) in [5, 5.41) is 0. The fourth-order valence-electron chi connectivity index (χ4n) is 3.37. The minimum absolute atomic E-state index is 0.236. The Morgan fingerprint density at radius 2 is 1.62 bits per heavy atom. The lowest BCUT2D eigenvalue weighted by atomic mass is 10.0. The minimum atomic E-state index is -0.556. The van der Waals surface area contributed by atoms with Gasteiger partial charge in [0.2, 0.25) is 0 Å². The number of hydrogen-bond donors (Lipinski definition) is 0. The van der Waals surface area contributed by atoms with Crippen molar-refractivity contribution in [1.82, 2.24) is 9.80 Å². The molecule has 8 heteroatoms. The lowest BCUT2D eigenvalue weighted by molar-refractivity contribution is 0.0286. The predicted octanol–water partition coefficient (Wildman–Crippen LogP) is 4.35. The molecule has 0 spiro atoms. The Morgan fingerprint density at radius 3 is 2.18 bits per heavy atom. The van der Waals surface area contributed by atoms with Gasteiger partial charge in [-0.25, -0.2) is 9.59 Å². The number of esters is 1. The van der Waals surface area contributed by atoms with E-state index in [4.69, 9.17) is 9.47 Å². The molecule has 0 aliphatic carbocycles. The predicted molar refractivity (Wildman–Crippen MR) is 133 cm³/mol. The first kappa shape index (κ1) is 26.9. The number of benzene rings is 2. The summed E-state index contributed by atoms with van der Waals surface area (Å²) in [5.74, 6) is -0.556. The van der Waals surface area contributed by atoms with Crippen LogP contribution in [0, 0.1) is 0 Å². The fraction of sp³-hybridized carbons (Fsp3) is 0.423. The normalized spacial score (nSPS) is 11.2. The summed E-state index contributed by atoms with van der Waals surface area (Å²) >= 11 is 0. The maximum atomic E-state index is 12.3. The zero-order valence-corrected chi connectivity index (χ0v) is 21.1. The Morgan fingerprint density at radius 1 is 0.971 bits per heavy atom. The lowest BCUT2D eigenvalue weighted by Gasteiger charge is -2.26. The van der Waals surface area contributed by atoms with Gasteiger partial charge in [0.25, 0.3) is 0 Å². The molecule has 0 N–H and O–H groups in total. The molecule has 2 aromatic rings. The zero-order chi connectivity index (χ0) is 25.5. The summed E-state index contributed by atoms with van der Waals surface area (Å²) in [7, 11) is 6.86. The van der Waals surface area contributed by atoms with Gasteiger partial charge in [-0.05, 0) is 51.6 Å². The van der Waals surface area contributed by atoms with Crippen LogP contribution in [0.3, 0.4) is 0 Å². The standard InChI is InChI=1S/C26H35N3O5/c1-26(2,3)34-25(32)28(5)16-15-27(4)17-19-11-13-21(14-12-19)29(6)22-10-8-9-20(18-30)23(22)24(31)33-7/h8-14,18H,15-17H2,1-7H3. The van der Waals surface area contributed by atoms with Crippen LogP contribution in [0.4, 0.5) is 16.2 Å². The van der Waals surface area contributed by atoms with Crippen molar-refractivity contribution in [1.29, 1.82) is 0 Å². The van der Waals surface area contributed by atoms with Crippen LogP contribution in [0.2, 0.25) is 0 Å². The Balaban J connectivity index is 2.04. The molecule has 184 valence electrons. The number of hydrogen-bond acceptors (Lipinski definition) is 7. The van der Waals surface area contributed by atoms with Crippen LogP contribution in [-0.2, 0) is 16.0 Å². The first-order valence-corrected chi connectivity index (χ1v) is 11.1. The summed E-state index contributed by atoms with van der Waals surface area (Å²) in [6.45, 7) is 7.50. The quantitative estimate of drug-likeness (QED) is 0.399. The van der Waals surface area contributed by atoms with E-state index in [0.29, 0.717) is 31.6 Å². The van der Waals surface area contributed by atoms with Gasteiger partial charge < -0.3 is 24.2 Å². The van der Waals surface area contributed by atoms with Crippen molar-refractivity contribution in [3.63, 3.8) is 0 Å². The monoisotopic (exact) mass is 469 g/mol. The summed E-state index contributed by atoms with van der Waals surface area (Å²) in [6, 6.07) is 13.1. The number of amides is 1. The highest BCUT2D eigenvalue weighted by Crippen LogP contribution is 2.29. The maximum Gasteiger partial charge on any atom is 0.410 e. The van der Waals surface area contributed by atoms with Gasteiger partial charge in [0.15, 0.2) is 6.29 Å². The third-order valence-corrected chi connectivity index (χ3v) is 5.25. The molecule has 0 aromatic heterocycles. The average Bonchev–Trinajstić information content (AvgIpc) is 2.80. The van der Waals surface area contributed by atoms with Crippen molar-refractivity contribution in [3.05, 3.63) is 59.2 Å². The molecule has 1 amide bonds. The highest BCUT2D eigenvalue weighted by Gasteiger charge is 2.21. The maximum absolute atomic E-state index is 12.3. The molecular weight excluding hydrogens is 434 g/mol. The van der Waals surface area contributed by atoms with Gasteiger partial charge in [-0.3, -0.25) is 4.79 Å². The van der Waals surface area contributed by atoms with Crippen LogP contribution in [-0.4, -0.2) is 75.1 Å². The van der Waals surface area contributed by atoms with E-state index in [1.807, 2.05) is 64.0 Å². The van der Waals surface area contributed by atoms with Gasteiger partial charge in [0.05, 0.1) is 18.4 Å². The Hall–Kier alpha value is -3.39. The number of anilines is 2. The number of rotatable bonds is 9. The first-order valence-electron chi connectivity index (χ1n) is 11.1. The fourth-order valence-corrected chi connectivity index (χ4v) is 3.37. The molecule has 0 saturated heterocycles. The van der Waals surface area contributed by atoms with E-state index in [0.717, 1.165) is 11.3 Å². The van der Waals surface area contributed by atoms with E-state index in [1.165, 1.54) is 7.11 Å². The van der Waals surface area contributed by atoms with Crippen LogP contribution in [0.15, 0.2) is 42.5 Å². The number of aldehydes is 1. The van der Waals surface area contributed by atoms with Crippen molar-refractivity contribution in [2.45, 2.75) is 32.9 Å². The highest BCUT2D eigenvalue weighted by molar-refractivity contribution is 6.04. The van der Waals surface area contributed by atoms with Gasteiger partial charge in [-0.2, -0.15) is 0 Å². The van der Waals surface area contributed by atoms with E-state index in [1.54, 1.807) is 30.1 Å². The smallest absolute Gasteiger partial charge is 0.410 e. The molecule has 0 heterocycles. The van der Waals surface area contributed by atoms with Crippen molar-refractivity contribution in [3.8, 4) is 0 Å². The molecule has 2 rings (SSSR count). The van der Waals surface area contributed by atoms with E-state index in [2.05, 4.69) is 4.90 Å². The number of carbonyl (C=O) groups excluding carboxylic acids is 3. The first-order chi connectivity index (χ1) is 16.0. The molecule has 0 radical (unpaired) electrons. The number of ether oxygens (including phenoxy) is 2. The lowest BCUT2D eigenvalue weighted by Crippen LogP contribution is -2.38. The minimum Gasteiger partial charge on any atom is -0.465 e. The van der Waals surface area contributed by atoms with E-state index in [9.17, 15) is 14.4 Å². The van der Waals surface area contributed by atoms with Crippen LogP contribution in [0.1, 0.15) is 47.1 Å². The van der Waals surface area contributed by atoms with Gasteiger partial charge in [0.1, 0.15) is 5.60 Å². The van der Waals surface area contributed by atoms with Gasteiger partial charge >= 0.3 is 12.1 Å². The van der Waals surface area contributed by atoms with Crippen LogP contribution in [0.25, 0.3) is 0 Å². The second-order valence-corrected chi connectivity index (χ2v) is 9.22. The van der Waals surface area contributed by atoms with E-state index in [-0.39, 0.29) is 17.2 Å². The second kappa shape index (κ2) is 11.7. The van der Waals surface area contributed by atoms with Crippen molar-refractivity contribution >= 4 is 29.7 Å². The molecule has 0 bridgehead atoms. The third kappa shape index (κ3) is 7.31. The van der Waals surface area contributed by atoms with Crippen molar-refractivity contribution in [2.24, 2.45) is 0 Å². The van der Waals surface area contributed by atoms with E-state index >= 15 is 0 Å². The number of carbonyl (C=O) groups is 3. The molecule has 2 aromatic carbocycles. The van der Waals surface area contributed by atoms with Crippen molar-refractivity contribution in [2.75, 3.05) is 46.2 Å². The zero-order valence-electron chi connectivity index (χ0n) is 21.1. The van der Waals surface area contributed by atoms with Gasteiger partial charge in [0, 0.05) is 45.0 Å². The summed E-state index contributed by atoms with van der Waals surface area (Å²) < 4.78 is 10.3. The average molecular weight is 470 g/mol.